The van der Waals surface area contributed by atoms with Crippen molar-refractivity contribution in [3.63, 3.8) is 0 Å². The molecule has 1 aliphatic heterocycles. The van der Waals surface area contributed by atoms with Crippen LogP contribution in [0.25, 0.3) is 0 Å². The Morgan fingerprint density at radius 2 is 1.91 bits per heavy atom. The number of methoxy groups -OCH3 is 3. The van der Waals surface area contributed by atoms with Gasteiger partial charge in [0.1, 0.15) is 0 Å². The van der Waals surface area contributed by atoms with Crippen LogP contribution in [0, 0.1) is 11.8 Å². The molecule has 1 aliphatic rings. The first-order chi connectivity index (χ1) is 11.1. The van der Waals surface area contributed by atoms with Crippen molar-refractivity contribution in [2.24, 2.45) is 11.8 Å². The predicted octanol–water partition coefficient (Wildman–Crippen LogP) is 1.23. The lowest BCUT2D eigenvalue weighted by Crippen LogP contribution is -2.49. The maximum absolute atomic E-state index is 12.1. The molecule has 1 fully saturated rings. The van der Waals surface area contributed by atoms with E-state index in [9.17, 15) is 4.79 Å². The molecule has 1 heterocycles. The zero-order chi connectivity index (χ0) is 16.8. The summed E-state index contributed by atoms with van der Waals surface area (Å²) in [4.78, 5) is 12.1. The molecule has 0 bridgehead atoms. The minimum atomic E-state index is 0.0450. The van der Waals surface area contributed by atoms with Gasteiger partial charge in [-0.05, 0) is 31.5 Å². The fraction of sp³-hybridized carbons (Fsp3) is 0.588. The van der Waals surface area contributed by atoms with Gasteiger partial charge in [0.25, 0.3) is 0 Å². The Morgan fingerprint density at radius 3 is 2.43 bits per heavy atom. The number of amides is 1. The van der Waals surface area contributed by atoms with Gasteiger partial charge in [-0.3, -0.25) is 4.79 Å². The van der Waals surface area contributed by atoms with Gasteiger partial charge in [-0.15, -0.1) is 0 Å². The molecule has 0 spiro atoms. The summed E-state index contributed by atoms with van der Waals surface area (Å²) in [6, 6.07) is 3.78. The van der Waals surface area contributed by atoms with Crippen LogP contribution in [0.3, 0.4) is 0 Å². The summed E-state index contributed by atoms with van der Waals surface area (Å²) < 4.78 is 16.1. The lowest BCUT2D eigenvalue weighted by atomic mass is 9.88. The number of carbonyl (C=O) groups excluding carboxylic acids is 1. The van der Waals surface area contributed by atoms with E-state index in [0.29, 0.717) is 36.1 Å². The van der Waals surface area contributed by atoms with E-state index < -0.39 is 0 Å². The van der Waals surface area contributed by atoms with Crippen LogP contribution in [-0.2, 0) is 11.2 Å². The SMILES string of the molecule is COc1ccc(CCNC(=O)C(C)C2CNC2)c(OC)c1OC. The summed E-state index contributed by atoms with van der Waals surface area (Å²) in [6.45, 7) is 4.41. The average molecular weight is 322 g/mol. The number of benzene rings is 1. The van der Waals surface area contributed by atoms with E-state index in [1.807, 2.05) is 19.1 Å². The van der Waals surface area contributed by atoms with Gasteiger partial charge in [0.2, 0.25) is 11.7 Å². The van der Waals surface area contributed by atoms with Crippen molar-refractivity contribution < 1.29 is 19.0 Å². The second kappa shape index (κ2) is 8.06. The van der Waals surface area contributed by atoms with Gasteiger partial charge < -0.3 is 24.8 Å². The normalized spacial score (nSPS) is 15.5. The molecule has 0 saturated carbocycles. The Hall–Kier alpha value is -1.95. The van der Waals surface area contributed by atoms with E-state index in [0.717, 1.165) is 18.7 Å². The standard InChI is InChI=1S/C17H26N2O4/c1-11(13-9-18-10-13)17(20)19-8-7-12-5-6-14(21-2)16(23-4)15(12)22-3/h5-6,11,13,18H,7-10H2,1-4H3,(H,19,20). The van der Waals surface area contributed by atoms with Crippen LogP contribution in [0.5, 0.6) is 17.2 Å². The first-order valence-corrected chi connectivity index (χ1v) is 7.88. The maximum Gasteiger partial charge on any atom is 0.223 e. The smallest absolute Gasteiger partial charge is 0.223 e. The molecule has 1 aromatic carbocycles. The largest absolute Gasteiger partial charge is 0.493 e. The minimum absolute atomic E-state index is 0.0450. The number of hydrogen-bond acceptors (Lipinski definition) is 5. The van der Waals surface area contributed by atoms with E-state index in [2.05, 4.69) is 10.6 Å². The van der Waals surface area contributed by atoms with Crippen molar-refractivity contribution in [2.75, 3.05) is 41.0 Å². The Balaban J connectivity index is 1.96. The minimum Gasteiger partial charge on any atom is -0.493 e. The van der Waals surface area contributed by atoms with E-state index in [1.165, 1.54) is 0 Å². The third-order valence-corrected chi connectivity index (χ3v) is 4.41. The summed E-state index contributed by atoms with van der Waals surface area (Å²) in [7, 11) is 4.78. The van der Waals surface area contributed by atoms with Crippen LogP contribution in [0.1, 0.15) is 12.5 Å². The molecule has 2 rings (SSSR count). The second-order valence-electron chi connectivity index (χ2n) is 5.74. The zero-order valence-electron chi connectivity index (χ0n) is 14.3. The molecule has 1 unspecified atom stereocenters. The quantitative estimate of drug-likeness (QED) is 0.753. The lowest BCUT2D eigenvalue weighted by Gasteiger charge is -2.31. The van der Waals surface area contributed by atoms with E-state index >= 15 is 0 Å². The molecule has 0 aromatic heterocycles. The number of nitrogens with one attached hydrogen (secondary N) is 2. The van der Waals surface area contributed by atoms with E-state index in [4.69, 9.17) is 14.2 Å². The average Bonchev–Trinajstić information content (AvgIpc) is 2.52. The lowest BCUT2D eigenvalue weighted by molar-refractivity contribution is -0.126. The fourth-order valence-electron chi connectivity index (χ4n) is 2.72. The highest BCUT2D eigenvalue weighted by molar-refractivity contribution is 5.78. The second-order valence-corrected chi connectivity index (χ2v) is 5.74. The van der Waals surface area contributed by atoms with Crippen molar-refractivity contribution in [1.29, 1.82) is 0 Å². The van der Waals surface area contributed by atoms with Crippen molar-refractivity contribution in [2.45, 2.75) is 13.3 Å². The van der Waals surface area contributed by atoms with Crippen LogP contribution < -0.4 is 24.8 Å². The van der Waals surface area contributed by atoms with Gasteiger partial charge in [-0.25, -0.2) is 0 Å². The van der Waals surface area contributed by atoms with Gasteiger partial charge in [-0.1, -0.05) is 13.0 Å². The van der Waals surface area contributed by atoms with Crippen LogP contribution in [0.4, 0.5) is 0 Å². The number of rotatable bonds is 8. The first kappa shape index (κ1) is 17.4. The monoisotopic (exact) mass is 322 g/mol. The molecule has 1 atom stereocenters. The van der Waals surface area contributed by atoms with Crippen LogP contribution in [-0.4, -0.2) is 46.9 Å². The molecule has 1 amide bonds. The Morgan fingerprint density at radius 1 is 1.22 bits per heavy atom. The summed E-state index contributed by atoms with van der Waals surface area (Å²) in [5.41, 5.74) is 0.975. The predicted molar refractivity (Wildman–Crippen MR) is 88.3 cm³/mol. The number of hydrogen-bond donors (Lipinski definition) is 2. The van der Waals surface area contributed by atoms with E-state index in [-0.39, 0.29) is 11.8 Å². The van der Waals surface area contributed by atoms with Crippen molar-refractivity contribution in [1.82, 2.24) is 10.6 Å². The number of carbonyl (C=O) groups is 1. The highest BCUT2D eigenvalue weighted by Gasteiger charge is 2.28. The molecule has 6 nitrogen and oxygen atoms in total. The van der Waals surface area contributed by atoms with Crippen LogP contribution >= 0.6 is 0 Å². The molecule has 1 aromatic rings. The molecule has 2 N–H and O–H groups in total. The molecule has 6 heteroatoms. The van der Waals surface area contributed by atoms with Crippen LogP contribution in [0.2, 0.25) is 0 Å². The third kappa shape index (κ3) is 3.88. The van der Waals surface area contributed by atoms with Gasteiger partial charge in [0, 0.05) is 18.0 Å². The molecular formula is C17H26N2O4. The zero-order valence-corrected chi connectivity index (χ0v) is 14.3. The Labute approximate surface area is 137 Å². The van der Waals surface area contributed by atoms with E-state index in [1.54, 1.807) is 21.3 Å². The van der Waals surface area contributed by atoms with Gasteiger partial charge in [-0.2, -0.15) is 0 Å². The van der Waals surface area contributed by atoms with Crippen molar-refractivity contribution in [3.8, 4) is 17.2 Å². The summed E-state index contributed by atoms with van der Waals surface area (Å²) >= 11 is 0. The molecule has 0 aliphatic carbocycles. The van der Waals surface area contributed by atoms with Crippen molar-refractivity contribution in [3.05, 3.63) is 17.7 Å². The molecular weight excluding hydrogens is 296 g/mol. The number of ether oxygens (including phenoxy) is 3. The van der Waals surface area contributed by atoms with Gasteiger partial charge in [0.05, 0.1) is 21.3 Å². The highest BCUT2D eigenvalue weighted by atomic mass is 16.5. The third-order valence-electron chi connectivity index (χ3n) is 4.41. The van der Waals surface area contributed by atoms with Crippen LogP contribution in [0.15, 0.2) is 12.1 Å². The summed E-state index contributed by atoms with van der Waals surface area (Å²) in [6.07, 6.45) is 0.672. The van der Waals surface area contributed by atoms with Crippen molar-refractivity contribution >= 4 is 5.91 Å². The Bertz CT molecular complexity index is 544. The molecule has 128 valence electrons. The highest BCUT2D eigenvalue weighted by Crippen LogP contribution is 2.39. The fourth-order valence-corrected chi connectivity index (χ4v) is 2.72. The molecule has 0 radical (unpaired) electrons. The summed E-state index contributed by atoms with van der Waals surface area (Å²) in [5.74, 6) is 2.46. The Kier molecular flexibility index (Phi) is 6.10. The first-order valence-electron chi connectivity index (χ1n) is 7.88. The van der Waals surface area contributed by atoms with Gasteiger partial charge >= 0.3 is 0 Å². The topological polar surface area (TPSA) is 68.8 Å². The molecule has 23 heavy (non-hydrogen) atoms. The maximum atomic E-state index is 12.1. The summed E-state index contributed by atoms with van der Waals surface area (Å²) in [5, 5.41) is 6.20. The molecule has 1 saturated heterocycles. The van der Waals surface area contributed by atoms with Gasteiger partial charge in [0.15, 0.2) is 11.5 Å².